The van der Waals surface area contributed by atoms with Gasteiger partial charge in [-0.2, -0.15) is 13.2 Å². The molecule has 0 unspecified atom stereocenters. The number of benzene rings is 1. The minimum absolute atomic E-state index is 0.00874. The first-order chi connectivity index (χ1) is 9.53. The SMILES string of the molecule is CC(C)(C)OC(=O)CSc1ccc(CN)cc1C(F)(F)F. The van der Waals surface area contributed by atoms with Crippen LogP contribution in [0.3, 0.4) is 0 Å². The number of ether oxygens (including phenoxy) is 1. The summed E-state index contributed by atoms with van der Waals surface area (Å²) in [4.78, 5) is 11.6. The number of carbonyl (C=O) groups excluding carboxylic acids is 1. The molecule has 0 heterocycles. The van der Waals surface area contributed by atoms with Crippen LogP contribution in [-0.2, 0) is 22.3 Å². The van der Waals surface area contributed by atoms with Gasteiger partial charge in [0, 0.05) is 11.4 Å². The first kappa shape index (κ1) is 17.8. The largest absolute Gasteiger partial charge is 0.459 e. The average Bonchev–Trinajstić information content (AvgIpc) is 2.33. The van der Waals surface area contributed by atoms with Crippen LogP contribution in [0.25, 0.3) is 0 Å². The van der Waals surface area contributed by atoms with Gasteiger partial charge in [-0.3, -0.25) is 4.79 Å². The molecule has 0 fully saturated rings. The molecule has 0 aliphatic carbocycles. The van der Waals surface area contributed by atoms with E-state index in [1.807, 2.05) is 0 Å². The van der Waals surface area contributed by atoms with E-state index >= 15 is 0 Å². The summed E-state index contributed by atoms with van der Waals surface area (Å²) in [5, 5.41) is 0. The van der Waals surface area contributed by atoms with E-state index in [-0.39, 0.29) is 17.2 Å². The molecule has 0 atom stereocenters. The highest BCUT2D eigenvalue weighted by molar-refractivity contribution is 8.00. The zero-order valence-corrected chi connectivity index (χ0v) is 12.9. The highest BCUT2D eigenvalue weighted by Crippen LogP contribution is 2.37. The van der Waals surface area contributed by atoms with Crippen molar-refractivity contribution in [3.63, 3.8) is 0 Å². The zero-order chi connectivity index (χ0) is 16.3. The Kier molecular flexibility index (Phi) is 5.69. The van der Waals surface area contributed by atoms with Gasteiger partial charge in [0.2, 0.25) is 0 Å². The van der Waals surface area contributed by atoms with Crippen LogP contribution in [0.5, 0.6) is 0 Å². The van der Waals surface area contributed by atoms with Crippen molar-refractivity contribution in [2.24, 2.45) is 5.73 Å². The fraction of sp³-hybridized carbons (Fsp3) is 0.500. The molecule has 1 aromatic carbocycles. The van der Waals surface area contributed by atoms with Crippen molar-refractivity contribution in [3.8, 4) is 0 Å². The van der Waals surface area contributed by atoms with E-state index in [1.54, 1.807) is 20.8 Å². The van der Waals surface area contributed by atoms with Gasteiger partial charge in [-0.25, -0.2) is 0 Å². The molecule has 0 amide bonds. The fourth-order valence-electron chi connectivity index (χ4n) is 1.56. The Morgan fingerprint density at radius 1 is 1.29 bits per heavy atom. The quantitative estimate of drug-likeness (QED) is 0.680. The number of thioether (sulfide) groups is 1. The number of nitrogens with two attached hydrogens (primary N) is 1. The van der Waals surface area contributed by atoms with E-state index in [4.69, 9.17) is 10.5 Å². The number of halogens is 3. The van der Waals surface area contributed by atoms with Crippen molar-refractivity contribution < 1.29 is 22.7 Å². The summed E-state index contributed by atoms with van der Waals surface area (Å²) in [6.45, 7) is 5.13. The van der Waals surface area contributed by atoms with Gasteiger partial charge in [-0.1, -0.05) is 6.07 Å². The lowest BCUT2D eigenvalue weighted by Crippen LogP contribution is -2.25. The Bertz CT molecular complexity index is 510. The number of carbonyl (C=O) groups is 1. The molecule has 0 bridgehead atoms. The number of esters is 1. The monoisotopic (exact) mass is 321 g/mol. The van der Waals surface area contributed by atoms with E-state index in [1.165, 1.54) is 12.1 Å². The van der Waals surface area contributed by atoms with Gasteiger partial charge >= 0.3 is 12.1 Å². The van der Waals surface area contributed by atoms with Crippen LogP contribution < -0.4 is 5.73 Å². The van der Waals surface area contributed by atoms with Gasteiger partial charge in [0.25, 0.3) is 0 Å². The number of hydrogen-bond acceptors (Lipinski definition) is 4. The van der Waals surface area contributed by atoms with Crippen molar-refractivity contribution in [3.05, 3.63) is 29.3 Å². The van der Waals surface area contributed by atoms with Crippen molar-refractivity contribution in [1.29, 1.82) is 0 Å². The smallest absolute Gasteiger partial charge is 0.417 e. The van der Waals surface area contributed by atoms with E-state index in [9.17, 15) is 18.0 Å². The molecule has 0 aliphatic heterocycles. The lowest BCUT2D eigenvalue weighted by molar-refractivity contribution is -0.151. The molecule has 0 aromatic heterocycles. The highest BCUT2D eigenvalue weighted by Gasteiger charge is 2.34. The molecule has 0 spiro atoms. The third-order valence-corrected chi connectivity index (χ3v) is 3.40. The van der Waals surface area contributed by atoms with Crippen molar-refractivity contribution >= 4 is 17.7 Å². The topological polar surface area (TPSA) is 52.3 Å². The lowest BCUT2D eigenvalue weighted by atomic mass is 10.1. The maximum absolute atomic E-state index is 13.0. The predicted octanol–water partition coefficient (Wildman–Crippen LogP) is 3.60. The molecule has 3 nitrogen and oxygen atoms in total. The van der Waals surface area contributed by atoms with Crippen LogP contribution in [0, 0.1) is 0 Å². The maximum Gasteiger partial charge on any atom is 0.417 e. The Balaban J connectivity index is 2.86. The van der Waals surface area contributed by atoms with Crippen LogP contribution in [0.15, 0.2) is 23.1 Å². The Morgan fingerprint density at radius 2 is 1.90 bits per heavy atom. The molecule has 7 heteroatoms. The van der Waals surface area contributed by atoms with E-state index in [0.29, 0.717) is 5.56 Å². The second-order valence-electron chi connectivity index (χ2n) is 5.41. The molecule has 0 saturated carbocycles. The molecular formula is C14H18F3NO2S. The molecule has 0 aliphatic rings. The summed E-state index contributed by atoms with van der Waals surface area (Å²) < 4.78 is 44.0. The normalized spacial score (nSPS) is 12.3. The standard InChI is InChI=1S/C14H18F3NO2S/c1-13(2,3)20-12(19)8-21-11-5-4-9(7-18)6-10(11)14(15,16)17/h4-6H,7-8,18H2,1-3H3. The van der Waals surface area contributed by atoms with E-state index < -0.39 is 23.3 Å². The first-order valence-electron chi connectivity index (χ1n) is 6.28. The molecule has 0 saturated heterocycles. The van der Waals surface area contributed by atoms with Gasteiger partial charge in [0.1, 0.15) is 5.60 Å². The van der Waals surface area contributed by atoms with Crippen LogP contribution in [0.2, 0.25) is 0 Å². The summed E-state index contributed by atoms with van der Waals surface area (Å²) >= 11 is 0.807. The van der Waals surface area contributed by atoms with Crippen molar-refractivity contribution in [1.82, 2.24) is 0 Å². The summed E-state index contributed by atoms with van der Waals surface area (Å²) in [7, 11) is 0. The minimum atomic E-state index is -4.48. The van der Waals surface area contributed by atoms with Crippen LogP contribution in [0.1, 0.15) is 31.9 Å². The van der Waals surface area contributed by atoms with Crippen molar-refractivity contribution in [2.75, 3.05) is 5.75 Å². The van der Waals surface area contributed by atoms with Crippen molar-refractivity contribution in [2.45, 2.75) is 44.0 Å². The molecule has 118 valence electrons. The molecule has 0 radical (unpaired) electrons. The molecule has 1 rings (SSSR count). The zero-order valence-electron chi connectivity index (χ0n) is 12.1. The molecule has 2 N–H and O–H groups in total. The molecule has 21 heavy (non-hydrogen) atoms. The highest BCUT2D eigenvalue weighted by atomic mass is 32.2. The third kappa shape index (κ3) is 5.97. The number of hydrogen-bond donors (Lipinski definition) is 1. The van der Waals surface area contributed by atoms with Crippen LogP contribution in [0.4, 0.5) is 13.2 Å². The summed E-state index contributed by atoms with van der Waals surface area (Å²) in [6.07, 6.45) is -4.48. The first-order valence-corrected chi connectivity index (χ1v) is 7.26. The minimum Gasteiger partial charge on any atom is -0.459 e. The van der Waals surface area contributed by atoms with Gasteiger partial charge in [-0.15, -0.1) is 11.8 Å². The second-order valence-corrected chi connectivity index (χ2v) is 6.42. The second kappa shape index (κ2) is 6.70. The maximum atomic E-state index is 13.0. The lowest BCUT2D eigenvalue weighted by Gasteiger charge is -2.19. The van der Waals surface area contributed by atoms with Gasteiger partial charge in [0.05, 0.1) is 11.3 Å². The summed E-state index contributed by atoms with van der Waals surface area (Å²) in [5.41, 5.74) is 4.31. The van der Waals surface area contributed by atoms with Gasteiger partial charge in [0.15, 0.2) is 0 Å². The van der Waals surface area contributed by atoms with Gasteiger partial charge < -0.3 is 10.5 Å². The fourth-order valence-corrected chi connectivity index (χ4v) is 2.39. The van der Waals surface area contributed by atoms with Crippen LogP contribution >= 0.6 is 11.8 Å². The molecular weight excluding hydrogens is 303 g/mol. The Labute approximate surface area is 126 Å². The van der Waals surface area contributed by atoms with E-state index in [2.05, 4.69) is 0 Å². The number of rotatable bonds is 4. The Hall–Kier alpha value is -1.21. The summed E-state index contributed by atoms with van der Waals surface area (Å²) in [6, 6.07) is 3.87. The average molecular weight is 321 g/mol. The predicted molar refractivity (Wildman–Crippen MR) is 75.9 cm³/mol. The third-order valence-electron chi connectivity index (χ3n) is 2.35. The van der Waals surface area contributed by atoms with E-state index in [0.717, 1.165) is 17.8 Å². The summed E-state index contributed by atoms with van der Waals surface area (Å²) in [5.74, 6) is -0.731. The molecule has 1 aromatic rings. The number of alkyl halides is 3. The van der Waals surface area contributed by atoms with Gasteiger partial charge in [-0.05, 0) is 38.5 Å². The Morgan fingerprint density at radius 3 is 2.38 bits per heavy atom. The van der Waals surface area contributed by atoms with Crippen LogP contribution in [-0.4, -0.2) is 17.3 Å².